The summed E-state index contributed by atoms with van der Waals surface area (Å²) in [4.78, 5) is 4.52. The number of furan rings is 1. The Morgan fingerprint density at radius 3 is 2.52 bits per heavy atom. The normalized spacial score (nSPS) is 12.1. The molecule has 0 saturated heterocycles. The highest BCUT2D eigenvalue weighted by Crippen LogP contribution is 2.10. The number of benzene rings is 1. The van der Waals surface area contributed by atoms with E-state index >= 15 is 0 Å². The summed E-state index contributed by atoms with van der Waals surface area (Å²) in [6.07, 6.45) is 4.47. The van der Waals surface area contributed by atoms with Crippen molar-refractivity contribution >= 4 is 15.8 Å². The number of guanidine groups is 1. The topological polar surface area (TPSA) is 92.9 Å². The maximum atomic E-state index is 11.5. The van der Waals surface area contributed by atoms with Crippen LogP contribution in [0.1, 0.15) is 17.7 Å². The molecule has 0 aliphatic carbocycles. The van der Waals surface area contributed by atoms with Crippen molar-refractivity contribution in [1.29, 1.82) is 0 Å². The van der Waals surface area contributed by atoms with Gasteiger partial charge in [0.05, 0.1) is 11.2 Å². The number of ether oxygens (including phenoxy) is 1. The van der Waals surface area contributed by atoms with Crippen LogP contribution in [-0.4, -0.2) is 47.4 Å². The summed E-state index contributed by atoms with van der Waals surface area (Å²) in [5.74, 6) is 1.55. The van der Waals surface area contributed by atoms with Gasteiger partial charge in [0.25, 0.3) is 0 Å². The van der Waals surface area contributed by atoms with E-state index in [1.807, 2.05) is 24.3 Å². The van der Waals surface area contributed by atoms with Crippen LogP contribution in [-0.2, 0) is 27.6 Å². The van der Waals surface area contributed by atoms with E-state index in [1.54, 1.807) is 25.4 Å². The molecule has 8 heteroatoms. The number of aliphatic imine (C=N–C) groups is 1. The summed E-state index contributed by atoms with van der Waals surface area (Å²) in [5, 5.41) is 6.48. The van der Waals surface area contributed by atoms with Crippen molar-refractivity contribution in [2.24, 2.45) is 4.99 Å². The molecule has 0 unspecified atom stereocenters. The Hall–Kier alpha value is -2.32. The van der Waals surface area contributed by atoms with E-state index in [1.165, 1.54) is 6.26 Å². The molecule has 2 rings (SSSR count). The van der Waals surface area contributed by atoms with Gasteiger partial charge in [0.1, 0.15) is 12.4 Å². The van der Waals surface area contributed by atoms with Crippen LogP contribution < -0.4 is 10.6 Å². The highest BCUT2D eigenvalue weighted by molar-refractivity contribution is 7.90. The van der Waals surface area contributed by atoms with E-state index in [9.17, 15) is 8.42 Å². The lowest BCUT2D eigenvalue weighted by Gasteiger charge is -2.12. The van der Waals surface area contributed by atoms with Gasteiger partial charge in [0.15, 0.2) is 15.8 Å². The Bertz CT molecular complexity index is 800. The third kappa shape index (κ3) is 7.84. The van der Waals surface area contributed by atoms with Crippen LogP contribution in [0.25, 0.3) is 0 Å². The third-order valence-corrected chi connectivity index (χ3v) is 4.99. The molecule has 0 radical (unpaired) electrons. The lowest BCUT2D eigenvalue weighted by atomic mass is 10.1. The van der Waals surface area contributed by atoms with Crippen LogP contribution in [0.3, 0.4) is 0 Å². The average Bonchev–Trinajstić information content (AvgIpc) is 3.16. The van der Waals surface area contributed by atoms with E-state index < -0.39 is 9.84 Å². The Kier molecular flexibility index (Phi) is 8.35. The highest BCUT2D eigenvalue weighted by atomic mass is 32.2. The van der Waals surface area contributed by atoms with Crippen molar-refractivity contribution in [3.63, 3.8) is 0 Å². The Morgan fingerprint density at radius 1 is 1.15 bits per heavy atom. The molecule has 0 atom stereocenters. The monoisotopic (exact) mass is 393 g/mol. The zero-order chi connectivity index (χ0) is 19.5. The van der Waals surface area contributed by atoms with Crippen LogP contribution in [0.4, 0.5) is 0 Å². The SMILES string of the molecule is CN=C(NCCCOCc1ccco1)NCCc1ccc(S(C)(=O)=O)cc1. The lowest BCUT2D eigenvalue weighted by molar-refractivity contribution is 0.105. The van der Waals surface area contributed by atoms with Crippen molar-refractivity contribution in [2.75, 3.05) is 33.0 Å². The molecular weight excluding hydrogens is 366 g/mol. The van der Waals surface area contributed by atoms with Gasteiger partial charge in [0, 0.05) is 33.0 Å². The van der Waals surface area contributed by atoms with E-state index in [2.05, 4.69) is 15.6 Å². The van der Waals surface area contributed by atoms with Crippen LogP contribution in [0.2, 0.25) is 0 Å². The van der Waals surface area contributed by atoms with Crippen LogP contribution >= 0.6 is 0 Å². The fraction of sp³-hybridized carbons (Fsp3) is 0.421. The van der Waals surface area contributed by atoms with Crippen molar-refractivity contribution in [1.82, 2.24) is 10.6 Å². The predicted molar refractivity (Wildman–Crippen MR) is 106 cm³/mol. The fourth-order valence-corrected chi connectivity index (χ4v) is 3.03. The Morgan fingerprint density at radius 2 is 1.89 bits per heavy atom. The molecule has 148 valence electrons. The van der Waals surface area contributed by atoms with Gasteiger partial charge in [-0.15, -0.1) is 0 Å². The molecule has 2 aromatic rings. The number of hydrogen-bond donors (Lipinski definition) is 2. The number of nitrogens with zero attached hydrogens (tertiary/aromatic N) is 1. The smallest absolute Gasteiger partial charge is 0.190 e. The summed E-state index contributed by atoms with van der Waals surface area (Å²) in [6, 6.07) is 10.7. The zero-order valence-electron chi connectivity index (χ0n) is 15.8. The minimum absolute atomic E-state index is 0.339. The van der Waals surface area contributed by atoms with Gasteiger partial charge in [-0.2, -0.15) is 0 Å². The molecule has 0 fully saturated rings. The molecular formula is C19H27N3O4S. The maximum absolute atomic E-state index is 11.5. The summed E-state index contributed by atoms with van der Waals surface area (Å²) in [5.41, 5.74) is 1.07. The first kappa shape index (κ1) is 21.0. The van der Waals surface area contributed by atoms with E-state index in [0.717, 1.165) is 36.7 Å². The van der Waals surface area contributed by atoms with Crippen molar-refractivity contribution < 1.29 is 17.6 Å². The zero-order valence-corrected chi connectivity index (χ0v) is 16.6. The van der Waals surface area contributed by atoms with E-state index in [-0.39, 0.29) is 0 Å². The molecule has 0 amide bonds. The first-order valence-corrected chi connectivity index (χ1v) is 10.7. The number of hydrogen-bond acceptors (Lipinski definition) is 5. The molecule has 2 N–H and O–H groups in total. The quantitative estimate of drug-likeness (QED) is 0.364. The first-order chi connectivity index (χ1) is 13.0. The second kappa shape index (κ2) is 10.7. The van der Waals surface area contributed by atoms with Gasteiger partial charge in [-0.05, 0) is 42.7 Å². The maximum Gasteiger partial charge on any atom is 0.190 e. The summed E-state index contributed by atoms with van der Waals surface area (Å²) in [6.45, 7) is 2.57. The molecule has 1 heterocycles. The number of rotatable bonds is 10. The standard InChI is InChI=1S/C19H27N3O4S/c1-20-19(21-11-4-13-25-15-17-5-3-14-26-17)22-12-10-16-6-8-18(9-7-16)27(2,23)24/h3,5-9,14H,4,10-13,15H2,1-2H3,(H2,20,21,22). The van der Waals surface area contributed by atoms with Gasteiger partial charge in [-0.25, -0.2) is 8.42 Å². The van der Waals surface area contributed by atoms with Crippen LogP contribution in [0.15, 0.2) is 57.0 Å². The fourth-order valence-electron chi connectivity index (χ4n) is 2.40. The molecule has 27 heavy (non-hydrogen) atoms. The molecule has 0 aliphatic heterocycles. The van der Waals surface area contributed by atoms with Gasteiger partial charge in [-0.1, -0.05) is 12.1 Å². The van der Waals surface area contributed by atoms with Gasteiger partial charge < -0.3 is 19.8 Å². The van der Waals surface area contributed by atoms with Gasteiger partial charge in [-0.3, -0.25) is 4.99 Å². The predicted octanol–water partition coefficient (Wildman–Crippen LogP) is 2.00. The molecule has 0 aliphatic rings. The molecule has 0 spiro atoms. The van der Waals surface area contributed by atoms with Crippen molar-refractivity contribution in [3.8, 4) is 0 Å². The van der Waals surface area contributed by atoms with E-state index in [4.69, 9.17) is 9.15 Å². The van der Waals surface area contributed by atoms with Crippen molar-refractivity contribution in [3.05, 3.63) is 54.0 Å². The molecule has 1 aromatic carbocycles. The lowest BCUT2D eigenvalue weighted by Crippen LogP contribution is -2.39. The van der Waals surface area contributed by atoms with E-state index in [0.29, 0.717) is 24.7 Å². The van der Waals surface area contributed by atoms with Gasteiger partial charge >= 0.3 is 0 Å². The minimum atomic E-state index is -3.15. The molecule has 0 saturated carbocycles. The second-order valence-corrected chi connectivity index (χ2v) is 8.09. The summed E-state index contributed by atoms with van der Waals surface area (Å²) in [7, 11) is -1.42. The third-order valence-electron chi connectivity index (χ3n) is 3.86. The van der Waals surface area contributed by atoms with Crippen LogP contribution in [0.5, 0.6) is 0 Å². The van der Waals surface area contributed by atoms with Crippen LogP contribution in [0, 0.1) is 0 Å². The Balaban J connectivity index is 1.59. The largest absolute Gasteiger partial charge is 0.467 e. The number of nitrogens with one attached hydrogen (secondary N) is 2. The highest BCUT2D eigenvalue weighted by Gasteiger charge is 2.06. The number of sulfone groups is 1. The summed E-state index contributed by atoms with van der Waals surface area (Å²) >= 11 is 0. The molecule has 0 bridgehead atoms. The van der Waals surface area contributed by atoms with Gasteiger partial charge in [0.2, 0.25) is 0 Å². The Labute approximate surface area is 160 Å². The molecule has 7 nitrogen and oxygen atoms in total. The molecule has 1 aromatic heterocycles. The minimum Gasteiger partial charge on any atom is -0.467 e. The second-order valence-electron chi connectivity index (χ2n) is 6.08. The first-order valence-electron chi connectivity index (χ1n) is 8.82. The average molecular weight is 394 g/mol. The summed E-state index contributed by atoms with van der Waals surface area (Å²) < 4.78 is 33.7. The van der Waals surface area contributed by atoms with Crippen molar-refractivity contribution in [2.45, 2.75) is 24.3 Å².